The van der Waals surface area contributed by atoms with Crippen molar-refractivity contribution in [2.75, 3.05) is 0 Å². The van der Waals surface area contributed by atoms with Gasteiger partial charge in [-0.3, -0.25) is 5.84 Å². The number of halogens is 2. The van der Waals surface area contributed by atoms with E-state index in [9.17, 15) is 4.39 Å². The van der Waals surface area contributed by atoms with Crippen LogP contribution in [0.4, 0.5) is 4.39 Å². The molecule has 0 aliphatic rings. The standard InChI is InChI=1S/C12H15ClFN5/c1-2-5-19-11(7-16-18-19)12(17-15)9-6-8(13)3-4-10(9)14/h3-4,6-7,12,17H,2,5,15H2,1H3. The summed E-state index contributed by atoms with van der Waals surface area (Å²) in [6.45, 7) is 2.71. The molecule has 1 aromatic carbocycles. The van der Waals surface area contributed by atoms with Crippen molar-refractivity contribution in [1.82, 2.24) is 20.4 Å². The number of aromatic nitrogens is 3. The summed E-state index contributed by atoms with van der Waals surface area (Å²) in [6.07, 6.45) is 2.46. The molecule has 3 N–H and O–H groups in total. The number of nitrogens with zero attached hydrogens (tertiary/aromatic N) is 3. The first kappa shape index (κ1) is 13.9. The van der Waals surface area contributed by atoms with Gasteiger partial charge in [0.1, 0.15) is 5.82 Å². The first-order chi connectivity index (χ1) is 9.17. The molecular weight excluding hydrogens is 269 g/mol. The number of hydrazine groups is 1. The van der Waals surface area contributed by atoms with Crippen LogP contribution in [0.2, 0.25) is 5.02 Å². The number of nitrogens with two attached hydrogens (primary N) is 1. The van der Waals surface area contributed by atoms with Gasteiger partial charge in [0.2, 0.25) is 0 Å². The summed E-state index contributed by atoms with van der Waals surface area (Å²) >= 11 is 5.91. The van der Waals surface area contributed by atoms with Crippen LogP contribution in [-0.2, 0) is 6.54 Å². The average Bonchev–Trinajstić information content (AvgIpc) is 2.83. The summed E-state index contributed by atoms with van der Waals surface area (Å²) in [5.74, 6) is 5.17. The Labute approximate surface area is 115 Å². The SMILES string of the molecule is CCCn1nncc1C(NN)c1cc(Cl)ccc1F. The fourth-order valence-electron chi connectivity index (χ4n) is 1.95. The van der Waals surface area contributed by atoms with Crippen LogP contribution >= 0.6 is 11.6 Å². The van der Waals surface area contributed by atoms with Gasteiger partial charge in [0.15, 0.2) is 0 Å². The van der Waals surface area contributed by atoms with Crippen molar-refractivity contribution in [3.63, 3.8) is 0 Å². The van der Waals surface area contributed by atoms with E-state index in [1.54, 1.807) is 16.9 Å². The maximum Gasteiger partial charge on any atom is 0.128 e. The van der Waals surface area contributed by atoms with Crippen LogP contribution in [0, 0.1) is 5.82 Å². The Bertz CT molecular complexity index is 557. The Morgan fingerprint density at radius 3 is 3.00 bits per heavy atom. The number of rotatable bonds is 5. The second-order valence-corrected chi connectivity index (χ2v) is 4.58. The number of nitrogens with one attached hydrogen (secondary N) is 1. The maximum absolute atomic E-state index is 13.9. The molecule has 2 rings (SSSR count). The second-order valence-electron chi connectivity index (χ2n) is 4.15. The molecule has 0 aliphatic heterocycles. The van der Waals surface area contributed by atoms with Gasteiger partial charge in [0, 0.05) is 17.1 Å². The number of aryl methyl sites for hydroxylation is 1. The quantitative estimate of drug-likeness (QED) is 0.651. The van der Waals surface area contributed by atoms with E-state index in [0.29, 0.717) is 22.8 Å². The molecule has 0 saturated heterocycles. The highest BCUT2D eigenvalue weighted by Gasteiger charge is 2.21. The molecule has 1 atom stereocenters. The van der Waals surface area contributed by atoms with Crippen molar-refractivity contribution in [2.24, 2.45) is 5.84 Å². The third kappa shape index (κ3) is 2.91. The third-order valence-corrected chi connectivity index (χ3v) is 3.05. The van der Waals surface area contributed by atoms with Gasteiger partial charge in [0.05, 0.1) is 17.9 Å². The van der Waals surface area contributed by atoms with Gasteiger partial charge in [-0.15, -0.1) is 5.10 Å². The lowest BCUT2D eigenvalue weighted by Gasteiger charge is -2.18. The number of hydrogen-bond donors (Lipinski definition) is 2. The van der Waals surface area contributed by atoms with E-state index in [-0.39, 0.29) is 5.82 Å². The summed E-state index contributed by atoms with van der Waals surface area (Å²) < 4.78 is 15.6. The summed E-state index contributed by atoms with van der Waals surface area (Å²) in [6, 6.07) is 3.82. The van der Waals surface area contributed by atoms with Gasteiger partial charge in [0.25, 0.3) is 0 Å². The molecule has 1 heterocycles. The third-order valence-electron chi connectivity index (χ3n) is 2.81. The van der Waals surface area contributed by atoms with Crippen LogP contribution in [0.1, 0.15) is 30.6 Å². The minimum Gasteiger partial charge on any atom is -0.271 e. The molecule has 2 aromatic rings. The molecule has 0 saturated carbocycles. The Morgan fingerprint density at radius 1 is 1.53 bits per heavy atom. The first-order valence-corrected chi connectivity index (χ1v) is 6.34. The van der Waals surface area contributed by atoms with Crippen LogP contribution in [0.15, 0.2) is 24.4 Å². The van der Waals surface area contributed by atoms with E-state index in [2.05, 4.69) is 15.7 Å². The number of hydrogen-bond acceptors (Lipinski definition) is 4. The molecule has 102 valence electrons. The van der Waals surface area contributed by atoms with Gasteiger partial charge in [-0.2, -0.15) is 0 Å². The van der Waals surface area contributed by atoms with E-state index in [0.717, 1.165) is 6.42 Å². The highest BCUT2D eigenvalue weighted by atomic mass is 35.5. The summed E-state index contributed by atoms with van der Waals surface area (Å²) in [4.78, 5) is 0. The molecule has 0 fully saturated rings. The first-order valence-electron chi connectivity index (χ1n) is 5.96. The van der Waals surface area contributed by atoms with E-state index < -0.39 is 6.04 Å². The Morgan fingerprint density at radius 2 is 2.32 bits per heavy atom. The molecule has 19 heavy (non-hydrogen) atoms. The predicted octanol–water partition coefficient (Wildman–Crippen LogP) is 2.03. The number of benzene rings is 1. The monoisotopic (exact) mass is 283 g/mol. The zero-order chi connectivity index (χ0) is 13.8. The van der Waals surface area contributed by atoms with E-state index in [1.165, 1.54) is 12.1 Å². The molecule has 0 bridgehead atoms. The lowest BCUT2D eigenvalue weighted by atomic mass is 10.0. The smallest absolute Gasteiger partial charge is 0.128 e. The summed E-state index contributed by atoms with van der Waals surface area (Å²) in [7, 11) is 0. The summed E-state index contributed by atoms with van der Waals surface area (Å²) in [5, 5.41) is 8.27. The highest BCUT2D eigenvalue weighted by Crippen LogP contribution is 2.26. The van der Waals surface area contributed by atoms with Crippen molar-refractivity contribution >= 4 is 11.6 Å². The Balaban J connectivity index is 2.44. The van der Waals surface area contributed by atoms with Gasteiger partial charge in [-0.05, 0) is 24.6 Å². The van der Waals surface area contributed by atoms with Crippen LogP contribution in [-0.4, -0.2) is 15.0 Å². The summed E-state index contributed by atoms with van der Waals surface area (Å²) in [5.41, 5.74) is 3.66. The molecule has 7 heteroatoms. The van der Waals surface area contributed by atoms with Crippen molar-refractivity contribution in [2.45, 2.75) is 25.9 Å². The van der Waals surface area contributed by atoms with Gasteiger partial charge in [-0.25, -0.2) is 14.5 Å². The molecule has 5 nitrogen and oxygen atoms in total. The highest BCUT2D eigenvalue weighted by molar-refractivity contribution is 6.30. The van der Waals surface area contributed by atoms with E-state index in [4.69, 9.17) is 17.4 Å². The minimum absolute atomic E-state index is 0.370. The Kier molecular flexibility index (Phi) is 4.47. The maximum atomic E-state index is 13.9. The molecule has 0 amide bonds. The van der Waals surface area contributed by atoms with Crippen molar-refractivity contribution in [1.29, 1.82) is 0 Å². The van der Waals surface area contributed by atoms with Crippen LogP contribution in [0.25, 0.3) is 0 Å². The lowest BCUT2D eigenvalue weighted by Crippen LogP contribution is -2.31. The van der Waals surface area contributed by atoms with Gasteiger partial charge >= 0.3 is 0 Å². The van der Waals surface area contributed by atoms with Gasteiger partial charge < -0.3 is 0 Å². The minimum atomic E-state index is -0.541. The van der Waals surface area contributed by atoms with E-state index >= 15 is 0 Å². The van der Waals surface area contributed by atoms with Crippen LogP contribution in [0.3, 0.4) is 0 Å². The molecule has 0 radical (unpaired) electrons. The average molecular weight is 284 g/mol. The molecule has 0 spiro atoms. The fraction of sp³-hybridized carbons (Fsp3) is 0.333. The van der Waals surface area contributed by atoms with Crippen LogP contribution < -0.4 is 11.3 Å². The topological polar surface area (TPSA) is 68.8 Å². The van der Waals surface area contributed by atoms with Gasteiger partial charge in [-0.1, -0.05) is 23.7 Å². The van der Waals surface area contributed by atoms with Crippen molar-refractivity contribution in [3.05, 3.63) is 46.5 Å². The molecule has 0 aliphatic carbocycles. The largest absolute Gasteiger partial charge is 0.271 e. The zero-order valence-corrected chi connectivity index (χ0v) is 11.2. The zero-order valence-electron chi connectivity index (χ0n) is 10.5. The van der Waals surface area contributed by atoms with Crippen molar-refractivity contribution in [3.8, 4) is 0 Å². The normalized spacial score (nSPS) is 12.6. The Hall–Kier alpha value is -1.50. The van der Waals surface area contributed by atoms with Crippen LogP contribution in [0.5, 0.6) is 0 Å². The fourth-order valence-corrected chi connectivity index (χ4v) is 2.13. The van der Waals surface area contributed by atoms with Crippen molar-refractivity contribution < 1.29 is 4.39 Å². The lowest BCUT2D eigenvalue weighted by molar-refractivity contribution is 0.496. The van der Waals surface area contributed by atoms with E-state index in [1.807, 2.05) is 6.92 Å². The molecule has 1 unspecified atom stereocenters. The molecular formula is C12H15ClFN5. The molecule has 1 aromatic heterocycles. The second kappa shape index (κ2) is 6.10. The predicted molar refractivity (Wildman–Crippen MR) is 70.9 cm³/mol.